The van der Waals surface area contributed by atoms with E-state index < -0.39 is 0 Å². The first kappa shape index (κ1) is 14.2. The van der Waals surface area contributed by atoms with Crippen LogP contribution in [0.3, 0.4) is 0 Å². The first-order valence-electron chi connectivity index (χ1n) is 7.08. The minimum Gasteiger partial charge on any atom is -0.470 e. The fourth-order valence-electron chi connectivity index (χ4n) is 2.17. The van der Waals surface area contributed by atoms with Crippen LogP contribution < -0.4 is 15.0 Å². The third-order valence-corrected chi connectivity index (χ3v) is 3.35. The predicted octanol–water partition coefficient (Wildman–Crippen LogP) is 1.41. The van der Waals surface area contributed by atoms with E-state index in [9.17, 15) is 0 Å². The van der Waals surface area contributed by atoms with Crippen molar-refractivity contribution in [1.29, 1.82) is 0 Å². The summed E-state index contributed by atoms with van der Waals surface area (Å²) < 4.78 is 5.64. The van der Waals surface area contributed by atoms with Crippen LogP contribution in [0.25, 0.3) is 4.85 Å². The molecule has 0 aliphatic carbocycles. The number of nitrogens with zero attached hydrogens (tertiary/aromatic N) is 5. The van der Waals surface area contributed by atoms with Gasteiger partial charge in [0.15, 0.2) is 5.82 Å². The second-order valence-electron chi connectivity index (χ2n) is 4.86. The van der Waals surface area contributed by atoms with E-state index in [1.54, 1.807) is 24.5 Å². The molecular weight excluding hydrogens is 280 g/mol. The Morgan fingerprint density at radius 3 is 2.82 bits per heavy atom. The molecule has 1 N–H and O–H groups in total. The van der Waals surface area contributed by atoms with E-state index in [4.69, 9.17) is 11.3 Å². The molecule has 2 aromatic rings. The summed E-state index contributed by atoms with van der Waals surface area (Å²) in [5.74, 6) is 1.31. The van der Waals surface area contributed by atoms with E-state index in [-0.39, 0.29) is 0 Å². The maximum absolute atomic E-state index is 6.90. The minimum absolute atomic E-state index is 0.304. The number of aromatic nitrogens is 3. The smallest absolute Gasteiger partial charge is 0.234 e. The molecule has 1 aliphatic rings. The second-order valence-corrected chi connectivity index (χ2v) is 4.86. The Labute approximate surface area is 128 Å². The molecule has 0 atom stereocenters. The number of pyridine rings is 1. The molecule has 7 heteroatoms. The lowest BCUT2D eigenvalue weighted by Gasteiger charge is -2.28. The molecule has 1 saturated heterocycles. The average Bonchev–Trinajstić information content (AvgIpc) is 2.61. The molecule has 7 nitrogen and oxygen atoms in total. The van der Waals surface area contributed by atoms with Crippen LogP contribution >= 0.6 is 0 Å². The van der Waals surface area contributed by atoms with Crippen LogP contribution in [0.5, 0.6) is 5.88 Å². The minimum atomic E-state index is 0.304. The van der Waals surface area contributed by atoms with Gasteiger partial charge in [-0.05, 0) is 6.07 Å². The Morgan fingerprint density at radius 1 is 1.23 bits per heavy atom. The Morgan fingerprint density at radius 2 is 2.09 bits per heavy atom. The van der Waals surface area contributed by atoms with E-state index >= 15 is 0 Å². The van der Waals surface area contributed by atoms with Gasteiger partial charge in [0.05, 0.1) is 24.7 Å². The number of rotatable bonds is 4. The lowest BCUT2D eigenvalue weighted by atomic mass is 10.3. The van der Waals surface area contributed by atoms with Gasteiger partial charge in [0.25, 0.3) is 0 Å². The van der Waals surface area contributed by atoms with Crippen LogP contribution in [-0.2, 0) is 6.61 Å². The van der Waals surface area contributed by atoms with Gasteiger partial charge in [0.2, 0.25) is 11.6 Å². The monoisotopic (exact) mass is 296 g/mol. The first-order chi connectivity index (χ1) is 10.8. The van der Waals surface area contributed by atoms with Crippen LogP contribution in [0.1, 0.15) is 5.69 Å². The van der Waals surface area contributed by atoms with Crippen molar-refractivity contribution < 1.29 is 4.74 Å². The highest BCUT2D eigenvalue weighted by Gasteiger charge is 2.12. The standard InChI is InChI=1S/C15H16N6O/c1-16-12-2-3-13(19-8-12)11-22-15-10-18-9-14(20-15)21-6-4-17-5-7-21/h2-3,8-10,17H,4-7,11H2. The summed E-state index contributed by atoms with van der Waals surface area (Å²) in [7, 11) is 0. The molecule has 2 aromatic heterocycles. The summed E-state index contributed by atoms with van der Waals surface area (Å²) in [4.78, 5) is 18.3. The van der Waals surface area contributed by atoms with E-state index in [0.29, 0.717) is 18.2 Å². The van der Waals surface area contributed by atoms with Crippen LogP contribution in [0.15, 0.2) is 30.7 Å². The van der Waals surface area contributed by atoms with Gasteiger partial charge in [-0.2, -0.15) is 4.98 Å². The van der Waals surface area contributed by atoms with Gasteiger partial charge in [0, 0.05) is 32.4 Å². The predicted molar refractivity (Wildman–Crippen MR) is 81.9 cm³/mol. The van der Waals surface area contributed by atoms with Crippen molar-refractivity contribution in [2.24, 2.45) is 0 Å². The molecule has 0 saturated carbocycles. The van der Waals surface area contributed by atoms with Crippen LogP contribution in [0, 0.1) is 6.57 Å². The normalized spacial score (nSPS) is 14.4. The summed E-state index contributed by atoms with van der Waals surface area (Å²) in [5, 5.41) is 3.30. The van der Waals surface area contributed by atoms with Crippen molar-refractivity contribution >= 4 is 11.5 Å². The van der Waals surface area contributed by atoms with Gasteiger partial charge in [-0.25, -0.2) is 4.85 Å². The molecule has 1 aliphatic heterocycles. The highest BCUT2D eigenvalue weighted by Crippen LogP contribution is 2.16. The number of hydrogen-bond acceptors (Lipinski definition) is 6. The summed E-state index contributed by atoms with van der Waals surface area (Å²) in [6.45, 7) is 10.9. The summed E-state index contributed by atoms with van der Waals surface area (Å²) in [6.07, 6.45) is 4.88. The van der Waals surface area contributed by atoms with Gasteiger partial charge in [-0.1, -0.05) is 6.07 Å². The van der Waals surface area contributed by atoms with Crippen LogP contribution in [0.4, 0.5) is 11.5 Å². The van der Waals surface area contributed by atoms with Gasteiger partial charge in [-0.15, -0.1) is 0 Å². The molecule has 0 amide bonds. The number of nitrogens with one attached hydrogen (secondary N) is 1. The fraction of sp³-hybridized carbons (Fsp3) is 0.333. The van der Waals surface area contributed by atoms with Crippen molar-refractivity contribution in [1.82, 2.24) is 20.3 Å². The quantitative estimate of drug-likeness (QED) is 0.861. The number of anilines is 1. The summed E-state index contributed by atoms with van der Waals surface area (Å²) >= 11 is 0. The van der Waals surface area contributed by atoms with Crippen molar-refractivity contribution in [2.45, 2.75) is 6.61 Å². The Hall–Kier alpha value is -2.72. The van der Waals surface area contributed by atoms with Crippen molar-refractivity contribution in [3.8, 4) is 5.88 Å². The lowest BCUT2D eigenvalue weighted by Crippen LogP contribution is -2.43. The molecule has 3 rings (SSSR count). The van der Waals surface area contributed by atoms with Gasteiger partial charge < -0.3 is 15.0 Å². The van der Waals surface area contributed by atoms with Crippen LogP contribution in [-0.4, -0.2) is 41.1 Å². The molecule has 0 spiro atoms. The van der Waals surface area contributed by atoms with Crippen molar-refractivity contribution in [3.05, 3.63) is 47.8 Å². The third-order valence-electron chi connectivity index (χ3n) is 3.35. The largest absolute Gasteiger partial charge is 0.470 e. The highest BCUT2D eigenvalue weighted by molar-refractivity contribution is 5.41. The zero-order valence-corrected chi connectivity index (χ0v) is 12.1. The first-order valence-corrected chi connectivity index (χ1v) is 7.08. The number of hydrogen-bond donors (Lipinski definition) is 1. The molecule has 0 radical (unpaired) electrons. The van der Waals surface area contributed by atoms with E-state index in [1.165, 1.54) is 6.20 Å². The summed E-state index contributed by atoms with van der Waals surface area (Å²) in [6, 6.07) is 3.50. The topological polar surface area (TPSA) is 67.5 Å². The second kappa shape index (κ2) is 6.83. The van der Waals surface area contributed by atoms with Crippen molar-refractivity contribution in [3.63, 3.8) is 0 Å². The third kappa shape index (κ3) is 3.48. The number of piperazine rings is 1. The van der Waals surface area contributed by atoms with Gasteiger partial charge in [0.1, 0.15) is 6.61 Å². The lowest BCUT2D eigenvalue weighted by molar-refractivity contribution is 0.288. The Kier molecular flexibility index (Phi) is 4.41. The molecule has 0 bridgehead atoms. The number of ether oxygens (including phenoxy) is 1. The summed E-state index contributed by atoms with van der Waals surface area (Å²) in [5.41, 5.74) is 1.27. The molecule has 3 heterocycles. The molecule has 0 unspecified atom stereocenters. The van der Waals surface area contributed by atoms with E-state index in [2.05, 4.69) is 30.0 Å². The van der Waals surface area contributed by atoms with Crippen LogP contribution in [0.2, 0.25) is 0 Å². The Balaban J connectivity index is 1.63. The molecular formula is C15H16N6O. The van der Waals surface area contributed by atoms with E-state index in [1.807, 2.05) is 0 Å². The van der Waals surface area contributed by atoms with Gasteiger partial charge in [-0.3, -0.25) is 9.97 Å². The molecule has 0 aromatic carbocycles. The molecule has 112 valence electrons. The van der Waals surface area contributed by atoms with Crippen molar-refractivity contribution in [2.75, 3.05) is 31.1 Å². The molecule has 22 heavy (non-hydrogen) atoms. The highest BCUT2D eigenvalue weighted by atomic mass is 16.5. The zero-order chi connectivity index (χ0) is 15.2. The van der Waals surface area contributed by atoms with E-state index in [0.717, 1.165) is 37.7 Å². The zero-order valence-electron chi connectivity index (χ0n) is 12.1. The average molecular weight is 296 g/mol. The van der Waals surface area contributed by atoms with Gasteiger partial charge >= 0.3 is 0 Å². The maximum Gasteiger partial charge on any atom is 0.234 e. The SMILES string of the molecule is [C-]#[N+]c1ccc(COc2cncc(N3CCNCC3)n2)nc1. The molecule has 1 fully saturated rings. The maximum atomic E-state index is 6.90. The Bertz CT molecular complexity index is 660. The fourth-order valence-corrected chi connectivity index (χ4v) is 2.17.